The second kappa shape index (κ2) is 6.93. The molecule has 1 aromatic rings. The smallest absolute Gasteiger partial charge is 0.173 e. The minimum absolute atomic E-state index is 0.689. The van der Waals surface area contributed by atoms with E-state index in [1.165, 1.54) is 6.42 Å². The van der Waals surface area contributed by atoms with E-state index in [4.69, 9.17) is 17.0 Å². The van der Waals surface area contributed by atoms with Gasteiger partial charge in [0.1, 0.15) is 5.75 Å². The molecule has 0 aromatic heterocycles. The molecular weight excluding hydrogens is 268 g/mol. The van der Waals surface area contributed by atoms with Crippen molar-refractivity contribution in [1.82, 2.24) is 4.90 Å². The number of likely N-dealkylation sites (tertiary alicyclic amines) is 1. The number of hydrogen-bond donors (Lipinski definition) is 1. The number of hydrogen-bond acceptors (Lipinski definition) is 2. The molecular formula is C16H24N2OS. The van der Waals surface area contributed by atoms with Crippen LogP contribution in [0.2, 0.25) is 0 Å². The number of benzene rings is 1. The molecule has 0 saturated carbocycles. The number of ether oxygens (including phenoxy) is 1. The Kier molecular flexibility index (Phi) is 5.24. The van der Waals surface area contributed by atoms with Crippen LogP contribution in [0.4, 0.5) is 5.69 Å². The van der Waals surface area contributed by atoms with Gasteiger partial charge in [-0.25, -0.2) is 0 Å². The van der Waals surface area contributed by atoms with Crippen LogP contribution in [-0.4, -0.2) is 29.7 Å². The Balaban J connectivity index is 1.93. The van der Waals surface area contributed by atoms with E-state index in [9.17, 15) is 0 Å². The first-order valence-corrected chi connectivity index (χ1v) is 7.78. The van der Waals surface area contributed by atoms with E-state index in [0.29, 0.717) is 18.4 Å². The highest BCUT2D eigenvalue weighted by atomic mass is 32.1. The average molecular weight is 292 g/mol. The third kappa shape index (κ3) is 4.10. The molecule has 3 nitrogen and oxygen atoms in total. The van der Waals surface area contributed by atoms with Gasteiger partial charge >= 0.3 is 0 Å². The van der Waals surface area contributed by atoms with Gasteiger partial charge in [0.05, 0.1) is 6.61 Å². The second-order valence-electron chi connectivity index (χ2n) is 5.74. The van der Waals surface area contributed by atoms with E-state index < -0.39 is 0 Å². The molecule has 0 spiro atoms. The largest absolute Gasteiger partial charge is 0.494 e. The fraction of sp³-hybridized carbons (Fsp3) is 0.562. The van der Waals surface area contributed by atoms with Gasteiger partial charge in [-0.3, -0.25) is 0 Å². The Morgan fingerprint density at radius 1 is 1.25 bits per heavy atom. The van der Waals surface area contributed by atoms with Crippen molar-refractivity contribution in [2.45, 2.75) is 27.2 Å². The van der Waals surface area contributed by atoms with Crippen LogP contribution < -0.4 is 10.1 Å². The molecule has 2 rings (SSSR count). The van der Waals surface area contributed by atoms with Crippen LogP contribution in [0.5, 0.6) is 5.75 Å². The maximum atomic E-state index is 5.53. The summed E-state index contributed by atoms with van der Waals surface area (Å²) in [7, 11) is 0. The second-order valence-corrected chi connectivity index (χ2v) is 6.13. The lowest BCUT2D eigenvalue weighted by Gasteiger charge is -2.36. The Labute approximate surface area is 127 Å². The number of nitrogens with one attached hydrogen (secondary N) is 1. The fourth-order valence-corrected chi connectivity index (χ4v) is 3.10. The summed E-state index contributed by atoms with van der Waals surface area (Å²) in [5.74, 6) is 2.31. The van der Waals surface area contributed by atoms with Gasteiger partial charge in [-0.05, 0) is 61.7 Å². The Hall–Kier alpha value is -1.29. The van der Waals surface area contributed by atoms with Gasteiger partial charge in [-0.1, -0.05) is 13.8 Å². The highest BCUT2D eigenvalue weighted by molar-refractivity contribution is 7.80. The van der Waals surface area contributed by atoms with E-state index in [1.807, 2.05) is 31.2 Å². The molecule has 1 N–H and O–H groups in total. The number of thiocarbonyl (C=S) groups is 1. The van der Waals surface area contributed by atoms with Crippen LogP contribution in [0.15, 0.2) is 24.3 Å². The highest BCUT2D eigenvalue weighted by Gasteiger charge is 2.23. The van der Waals surface area contributed by atoms with Crippen LogP contribution in [0.25, 0.3) is 0 Å². The molecule has 2 atom stereocenters. The zero-order chi connectivity index (χ0) is 14.5. The Morgan fingerprint density at radius 2 is 1.85 bits per heavy atom. The maximum absolute atomic E-state index is 5.53. The normalized spacial score (nSPS) is 22.4. The van der Waals surface area contributed by atoms with Gasteiger partial charge in [0, 0.05) is 18.8 Å². The van der Waals surface area contributed by atoms with Crippen LogP contribution in [0.1, 0.15) is 27.2 Å². The Bertz CT molecular complexity index is 436. The first-order chi connectivity index (χ1) is 9.58. The van der Waals surface area contributed by atoms with E-state index in [2.05, 4.69) is 24.1 Å². The first-order valence-electron chi connectivity index (χ1n) is 7.37. The molecule has 1 aliphatic rings. The van der Waals surface area contributed by atoms with Crippen molar-refractivity contribution in [1.29, 1.82) is 0 Å². The summed E-state index contributed by atoms with van der Waals surface area (Å²) < 4.78 is 5.44. The first kappa shape index (κ1) is 15.1. The predicted octanol–water partition coefficient (Wildman–Crippen LogP) is 3.76. The lowest BCUT2D eigenvalue weighted by Crippen LogP contribution is -2.44. The molecule has 0 aliphatic carbocycles. The maximum Gasteiger partial charge on any atom is 0.173 e. The zero-order valence-corrected chi connectivity index (χ0v) is 13.4. The van der Waals surface area contributed by atoms with Gasteiger partial charge in [-0.15, -0.1) is 0 Å². The molecule has 1 aliphatic heterocycles. The Morgan fingerprint density at radius 3 is 2.40 bits per heavy atom. The minimum Gasteiger partial charge on any atom is -0.494 e. The van der Waals surface area contributed by atoms with Crippen molar-refractivity contribution in [3.8, 4) is 5.75 Å². The molecule has 1 aromatic carbocycles. The summed E-state index contributed by atoms with van der Waals surface area (Å²) in [6.45, 7) is 9.36. The van der Waals surface area contributed by atoms with E-state index in [1.54, 1.807) is 0 Å². The van der Waals surface area contributed by atoms with Gasteiger partial charge in [0.2, 0.25) is 0 Å². The summed E-state index contributed by atoms with van der Waals surface area (Å²) in [4.78, 5) is 2.28. The van der Waals surface area contributed by atoms with Crippen molar-refractivity contribution >= 4 is 23.0 Å². The molecule has 110 valence electrons. The fourth-order valence-electron chi connectivity index (χ4n) is 2.83. The summed E-state index contributed by atoms with van der Waals surface area (Å²) in [6.07, 6.45) is 1.29. The topological polar surface area (TPSA) is 24.5 Å². The molecule has 1 saturated heterocycles. The summed E-state index contributed by atoms with van der Waals surface area (Å²) in [6, 6.07) is 7.95. The molecule has 0 bridgehead atoms. The summed E-state index contributed by atoms with van der Waals surface area (Å²) in [5, 5.41) is 4.15. The molecule has 0 radical (unpaired) electrons. The molecule has 4 heteroatoms. The van der Waals surface area contributed by atoms with Crippen LogP contribution in [0.3, 0.4) is 0 Å². The molecule has 0 unspecified atom stereocenters. The quantitative estimate of drug-likeness (QED) is 0.857. The van der Waals surface area contributed by atoms with Crippen molar-refractivity contribution in [3.63, 3.8) is 0 Å². The van der Waals surface area contributed by atoms with Gasteiger partial charge in [0.15, 0.2) is 5.11 Å². The van der Waals surface area contributed by atoms with Crippen molar-refractivity contribution in [2.75, 3.05) is 25.0 Å². The third-order valence-electron chi connectivity index (χ3n) is 3.57. The molecule has 0 amide bonds. The van der Waals surface area contributed by atoms with Crippen LogP contribution in [-0.2, 0) is 0 Å². The number of rotatable bonds is 3. The van der Waals surface area contributed by atoms with Crippen molar-refractivity contribution < 1.29 is 4.74 Å². The predicted molar refractivity (Wildman–Crippen MR) is 88.3 cm³/mol. The number of nitrogens with zero attached hydrogens (tertiary/aromatic N) is 1. The average Bonchev–Trinajstić information content (AvgIpc) is 2.40. The standard InChI is InChI=1S/C16H24N2OS/c1-4-19-15-7-5-14(6-8-15)17-16(20)18-10-12(2)9-13(3)11-18/h5-8,12-13H,4,9-11H2,1-3H3,(H,17,20)/t12-,13+. The highest BCUT2D eigenvalue weighted by Crippen LogP contribution is 2.22. The SMILES string of the molecule is CCOc1ccc(NC(=S)N2C[C@H](C)C[C@H](C)C2)cc1. The molecule has 20 heavy (non-hydrogen) atoms. The van der Waals surface area contributed by atoms with Gasteiger partial charge in [0.25, 0.3) is 0 Å². The lowest BCUT2D eigenvalue weighted by molar-refractivity contribution is 0.216. The lowest BCUT2D eigenvalue weighted by atomic mass is 9.92. The summed E-state index contributed by atoms with van der Waals surface area (Å²) >= 11 is 5.53. The van der Waals surface area contributed by atoms with Gasteiger partial charge < -0.3 is 15.0 Å². The van der Waals surface area contributed by atoms with Gasteiger partial charge in [-0.2, -0.15) is 0 Å². The van der Waals surface area contributed by atoms with Crippen molar-refractivity contribution in [2.24, 2.45) is 11.8 Å². The van der Waals surface area contributed by atoms with Crippen molar-refractivity contribution in [3.05, 3.63) is 24.3 Å². The number of piperidine rings is 1. The monoisotopic (exact) mass is 292 g/mol. The zero-order valence-electron chi connectivity index (χ0n) is 12.6. The van der Waals surface area contributed by atoms with E-state index >= 15 is 0 Å². The third-order valence-corrected chi connectivity index (χ3v) is 3.93. The number of anilines is 1. The van der Waals surface area contributed by atoms with Crippen LogP contribution >= 0.6 is 12.2 Å². The minimum atomic E-state index is 0.689. The van der Waals surface area contributed by atoms with E-state index in [-0.39, 0.29) is 0 Å². The van der Waals surface area contributed by atoms with E-state index in [0.717, 1.165) is 29.6 Å². The molecule has 1 heterocycles. The summed E-state index contributed by atoms with van der Waals surface area (Å²) in [5.41, 5.74) is 1.02. The van der Waals surface area contributed by atoms with Crippen LogP contribution in [0, 0.1) is 11.8 Å². The molecule has 1 fully saturated rings.